The van der Waals surface area contributed by atoms with Crippen molar-refractivity contribution in [3.05, 3.63) is 71.6 Å². The Morgan fingerprint density at radius 3 is 2.75 bits per heavy atom. The van der Waals surface area contributed by atoms with Gasteiger partial charge in [0.2, 0.25) is 5.91 Å². The molecule has 0 saturated heterocycles. The van der Waals surface area contributed by atoms with Gasteiger partial charge < -0.3 is 14.6 Å². The molecule has 0 saturated carbocycles. The monoisotopic (exact) mass is 377 g/mol. The number of carbonyl (C=O) groups excluding carboxylic acids is 1. The number of hydrogen-bond acceptors (Lipinski definition) is 3. The third-order valence-corrected chi connectivity index (χ3v) is 4.87. The maximum atomic E-state index is 11.9. The molecular weight excluding hydrogens is 350 g/mol. The van der Waals surface area contributed by atoms with E-state index < -0.39 is 0 Å². The maximum Gasteiger partial charge on any atom is 0.246 e. The molecule has 1 N–H and O–H groups in total. The molecule has 0 radical (unpaired) electrons. The summed E-state index contributed by atoms with van der Waals surface area (Å²) in [7, 11) is 0. The molecule has 5 nitrogen and oxygen atoms in total. The third kappa shape index (κ3) is 4.42. The van der Waals surface area contributed by atoms with E-state index in [1.807, 2.05) is 30.3 Å². The van der Waals surface area contributed by atoms with E-state index >= 15 is 0 Å². The van der Waals surface area contributed by atoms with Crippen LogP contribution in [0.5, 0.6) is 5.75 Å². The number of fused-ring (bicyclic) bond motifs is 1. The summed E-state index contributed by atoms with van der Waals surface area (Å²) in [6.07, 6.45) is 0.842. The van der Waals surface area contributed by atoms with Gasteiger partial charge >= 0.3 is 0 Å². The number of nitrogens with zero attached hydrogens (tertiary/aromatic N) is 2. The minimum absolute atomic E-state index is 0.156. The first-order chi connectivity index (χ1) is 13.5. The van der Waals surface area contributed by atoms with Crippen molar-refractivity contribution in [1.29, 1.82) is 0 Å². The second-order valence-electron chi connectivity index (χ2n) is 7.03. The zero-order valence-corrected chi connectivity index (χ0v) is 16.8. The Bertz CT molecular complexity index is 1000. The fourth-order valence-electron chi connectivity index (χ4n) is 3.11. The number of benzene rings is 2. The van der Waals surface area contributed by atoms with Crippen molar-refractivity contribution in [2.75, 3.05) is 6.61 Å². The van der Waals surface area contributed by atoms with Crippen molar-refractivity contribution >= 4 is 16.9 Å². The minimum atomic E-state index is -0.156. The van der Waals surface area contributed by atoms with Crippen LogP contribution in [0.2, 0.25) is 0 Å². The van der Waals surface area contributed by atoms with E-state index in [2.05, 4.69) is 47.4 Å². The van der Waals surface area contributed by atoms with E-state index in [1.54, 1.807) is 6.92 Å². The van der Waals surface area contributed by atoms with Gasteiger partial charge in [0.15, 0.2) is 0 Å². The number of imidazole rings is 1. The fraction of sp³-hybridized carbons (Fsp3) is 0.304. The van der Waals surface area contributed by atoms with E-state index in [0.29, 0.717) is 18.7 Å². The average Bonchev–Trinajstić information content (AvgIpc) is 3.04. The summed E-state index contributed by atoms with van der Waals surface area (Å²) in [5.41, 5.74) is 4.89. The zero-order chi connectivity index (χ0) is 20.1. The molecule has 0 aliphatic rings. The van der Waals surface area contributed by atoms with Crippen LogP contribution in [-0.4, -0.2) is 22.1 Å². The van der Waals surface area contributed by atoms with Gasteiger partial charge in [-0.05, 0) is 56.5 Å². The summed E-state index contributed by atoms with van der Waals surface area (Å²) in [6.45, 7) is 11.3. The predicted octanol–water partition coefficient (Wildman–Crippen LogP) is 4.31. The molecule has 0 atom stereocenters. The maximum absolute atomic E-state index is 11.9. The number of aryl methyl sites for hydroxylation is 2. The molecule has 1 aromatic heterocycles. The lowest BCUT2D eigenvalue weighted by Crippen LogP contribution is -2.25. The summed E-state index contributed by atoms with van der Waals surface area (Å²) < 4.78 is 8.14. The number of rotatable bonds is 8. The van der Waals surface area contributed by atoms with Crippen molar-refractivity contribution in [1.82, 2.24) is 14.9 Å². The second-order valence-corrected chi connectivity index (χ2v) is 7.03. The first kappa shape index (κ1) is 19.7. The predicted molar refractivity (Wildman–Crippen MR) is 112 cm³/mol. The Balaban J connectivity index is 1.68. The molecule has 0 bridgehead atoms. The Morgan fingerprint density at radius 1 is 1.18 bits per heavy atom. The highest BCUT2D eigenvalue weighted by Gasteiger charge is 2.12. The highest BCUT2D eigenvalue weighted by atomic mass is 16.5. The highest BCUT2D eigenvalue weighted by Crippen LogP contribution is 2.21. The van der Waals surface area contributed by atoms with Crippen LogP contribution in [-0.2, 0) is 17.9 Å². The van der Waals surface area contributed by atoms with E-state index in [-0.39, 0.29) is 5.91 Å². The van der Waals surface area contributed by atoms with E-state index in [9.17, 15) is 4.79 Å². The molecule has 3 rings (SSSR count). The Morgan fingerprint density at radius 2 is 1.96 bits per heavy atom. The van der Waals surface area contributed by atoms with Gasteiger partial charge in [0.1, 0.15) is 11.6 Å². The van der Waals surface area contributed by atoms with Gasteiger partial charge in [0.05, 0.1) is 24.2 Å². The minimum Gasteiger partial charge on any atom is -0.493 e. The largest absolute Gasteiger partial charge is 0.493 e. The van der Waals surface area contributed by atoms with Gasteiger partial charge in [-0.1, -0.05) is 30.8 Å². The molecule has 2 aromatic carbocycles. The van der Waals surface area contributed by atoms with Crippen LogP contribution < -0.4 is 10.1 Å². The number of ether oxygens (including phenoxy) is 1. The number of carbonyl (C=O) groups is 1. The van der Waals surface area contributed by atoms with Crippen LogP contribution in [0.4, 0.5) is 0 Å². The summed E-state index contributed by atoms with van der Waals surface area (Å²) in [5.74, 6) is 1.61. The molecule has 146 valence electrons. The van der Waals surface area contributed by atoms with Gasteiger partial charge in [-0.2, -0.15) is 0 Å². The summed E-state index contributed by atoms with van der Waals surface area (Å²) >= 11 is 0. The van der Waals surface area contributed by atoms with Gasteiger partial charge in [-0.25, -0.2) is 4.98 Å². The zero-order valence-electron chi connectivity index (χ0n) is 16.8. The molecule has 5 heteroatoms. The SMILES string of the molecule is C=C(C)C(=O)NCc1nc2ccccc2n1CCCOc1cccc(C)c1C. The third-order valence-electron chi connectivity index (χ3n) is 4.87. The van der Waals surface area contributed by atoms with Crippen molar-refractivity contribution in [3.8, 4) is 5.75 Å². The molecule has 1 amide bonds. The van der Waals surface area contributed by atoms with Crippen molar-refractivity contribution in [2.24, 2.45) is 0 Å². The number of nitrogens with one attached hydrogen (secondary N) is 1. The Hall–Kier alpha value is -3.08. The molecule has 0 fully saturated rings. The first-order valence-corrected chi connectivity index (χ1v) is 9.54. The van der Waals surface area contributed by atoms with Gasteiger partial charge in [-0.3, -0.25) is 4.79 Å². The lowest BCUT2D eigenvalue weighted by molar-refractivity contribution is -0.117. The molecular formula is C23H27N3O2. The fourth-order valence-corrected chi connectivity index (χ4v) is 3.11. The number of para-hydroxylation sites is 2. The van der Waals surface area contributed by atoms with E-state index in [4.69, 9.17) is 4.74 Å². The van der Waals surface area contributed by atoms with Crippen LogP contribution in [0.3, 0.4) is 0 Å². The van der Waals surface area contributed by atoms with Crippen molar-refractivity contribution < 1.29 is 9.53 Å². The summed E-state index contributed by atoms with van der Waals surface area (Å²) in [5, 5.41) is 2.88. The van der Waals surface area contributed by atoms with Crippen LogP contribution in [0.1, 0.15) is 30.3 Å². The Kier molecular flexibility index (Phi) is 6.14. The molecule has 0 spiro atoms. The second kappa shape index (κ2) is 8.74. The van der Waals surface area contributed by atoms with Gasteiger partial charge in [0.25, 0.3) is 0 Å². The van der Waals surface area contributed by atoms with Crippen LogP contribution in [0, 0.1) is 13.8 Å². The molecule has 0 unspecified atom stereocenters. The van der Waals surface area contributed by atoms with Gasteiger partial charge in [0, 0.05) is 12.1 Å². The smallest absolute Gasteiger partial charge is 0.246 e. The molecule has 0 aliphatic carbocycles. The number of hydrogen-bond donors (Lipinski definition) is 1. The van der Waals surface area contributed by atoms with E-state index in [0.717, 1.165) is 35.6 Å². The molecule has 28 heavy (non-hydrogen) atoms. The average molecular weight is 377 g/mol. The highest BCUT2D eigenvalue weighted by molar-refractivity contribution is 5.92. The van der Waals surface area contributed by atoms with Crippen LogP contribution in [0.15, 0.2) is 54.6 Å². The van der Waals surface area contributed by atoms with Gasteiger partial charge in [-0.15, -0.1) is 0 Å². The summed E-state index contributed by atoms with van der Waals surface area (Å²) in [4.78, 5) is 16.5. The number of amides is 1. The number of aromatic nitrogens is 2. The van der Waals surface area contributed by atoms with E-state index in [1.165, 1.54) is 11.1 Å². The first-order valence-electron chi connectivity index (χ1n) is 9.54. The van der Waals surface area contributed by atoms with Crippen LogP contribution in [0.25, 0.3) is 11.0 Å². The normalized spacial score (nSPS) is 10.8. The molecule has 3 aromatic rings. The Labute approximate surface area is 166 Å². The lowest BCUT2D eigenvalue weighted by Gasteiger charge is -2.13. The molecule has 0 aliphatic heterocycles. The van der Waals surface area contributed by atoms with Crippen LogP contribution >= 0.6 is 0 Å². The summed E-state index contributed by atoms with van der Waals surface area (Å²) in [6, 6.07) is 14.1. The van der Waals surface area contributed by atoms with Crippen molar-refractivity contribution in [2.45, 2.75) is 40.3 Å². The topological polar surface area (TPSA) is 56.2 Å². The molecule has 1 heterocycles. The standard InChI is InChI=1S/C23H27N3O2/c1-16(2)23(27)24-15-22-25-19-10-5-6-11-20(19)26(22)13-8-14-28-21-12-7-9-17(3)18(21)4/h5-7,9-12H,1,8,13-15H2,2-4H3,(H,24,27). The lowest BCUT2D eigenvalue weighted by atomic mass is 10.1. The van der Waals surface area contributed by atoms with Crippen molar-refractivity contribution in [3.63, 3.8) is 0 Å². The quantitative estimate of drug-likeness (QED) is 0.470.